The Morgan fingerprint density at radius 1 is 0.833 bits per heavy atom. The molecule has 0 spiro atoms. The fraction of sp³-hybridized carbons (Fsp3) is 0.259. The van der Waals surface area contributed by atoms with Crippen LogP contribution in [0.2, 0.25) is 0 Å². The monoisotopic (exact) mass is 395 g/mol. The van der Waals surface area contributed by atoms with Crippen LogP contribution in [0.4, 0.5) is 0 Å². The number of rotatable bonds is 6. The first-order valence-electron chi connectivity index (χ1n) is 10.4. The number of carbonyl (C=O) groups excluding carboxylic acids is 1. The molecule has 0 amide bonds. The second kappa shape index (κ2) is 8.65. The highest BCUT2D eigenvalue weighted by Gasteiger charge is 2.43. The van der Waals surface area contributed by atoms with Gasteiger partial charge in [0.2, 0.25) is 0 Å². The maximum Gasteiger partial charge on any atom is 0.143 e. The van der Waals surface area contributed by atoms with Gasteiger partial charge in [0.25, 0.3) is 0 Å². The molecule has 30 heavy (non-hydrogen) atoms. The highest BCUT2D eigenvalue weighted by atomic mass is 16.5. The van der Waals surface area contributed by atoms with Gasteiger partial charge in [0.05, 0.1) is 18.1 Å². The van der Waals surface area contributed by atoms with E-state index >= 15 is 0 Å². The molecule has 3 nitrogen and oxygen atoms in total. The number of ketones is 1. The maximum absolute atomic E-state index is 12.2. The van der Waals surface area contributed by atoms with Crippen molar-refractivity contribution in [2.75, 3.05) is 6.61 Å². The smallest absolute Gasteiger partial charge is 0.143 e. The van der Waals surface area contributed by atoms with E-state index in [0.29, 0.717) is 12.8 Å². The van der Waals surface area contributed by atoms with Crippen LogP contribution in [0, 0.1) is 16.7 Å². The Labute approximate surface area is 177 Å². The number of benzene rings is 3. The molecular weight excluding hydrogens is 370 g/mol. The lowest BCUT2D eigenvalue weighted by molar-refractivity contribution is -0.125. The summed E-state index contributed by atoms with van der Waals surface area (Å²) in [6.07, 6.45) is 2.25. The van der Waals surface area contributed by atoms with E-state index in [1.54, 1.807) is 0 Å². The summed E-state index contributed by atoms with van der Waals surface area (Å²) in [4.78, 5) is 12.2. The molecule has 3 aromatic carbocycles. The van der Waals surface area contributed by atoms with Gasteiger partial charge in [-0.25, -0.2) is 0 Å². The molecule has 0 bridgehead atoms. The first-order chi connectivity index (χ1) is 14.7. The van der Waals surface area contributed by atoms with Crippen LogP contribution in [0.3, 0.4) is 0 Å². The van der Waals surface area contributed by atoms with Crippen LogP contribution in [0.1, 0.15) is 42.4 Å². The minimum atomic E-state index is -0.867. The summed E-state index contributed by atoms with van der Waals surface area (Å²) in [6, 6.07) is 32.8. The Hall–Kier alpha value is -3.22. The van der Waals surface area contributed by atoms with Gasteiger partial charge in [0.1, 0.15) is 11.4 Å². The highest BCUT2D eigenvalue weighted by Crippen LogP contribution is 2.43. The van der Waals surface area contributed by atoms with Crippen molar-refractivity contribution < 1.29 is 9.53 Å². The molecule has 0 aromatic heterocycles. The first-order valence-corrected chi connectivity index (χ1v) is 10.4. The van der Waals surface area contributed by atoms with Crippen LogP contribution < -0.4 is 0 Å². The molecule has 1 aliphatic carbocycles. The van der Waals surface area contributed by atoms with Gasteiger partial charge in [-0.2, -0.15) is 5.26 Å². The minimum absolute atomic E-state index is 0.149. The Bertz CT molecular complexity index is 928. The minimum Gasteiger partial charge on any atom is -0.359 e. The topological polar surface area (TPSA) is 50.1 Å². The summed E-state index contributed by atoms with van der Waals surface area (Å²) in [7, 11) is 0. The van der Waals surface area contributed by atoms with E-state index in [9.17, 15) is 10.1 Å². The molecule has 0 heterocycles. The summed E-state index contributed by atoms with van der Waals surface area (Å²) in [5.41, 5.74) is 1.35. The molecule has 1 atom stereocenters. The van der Waals surface area contributed by atoms with Gasteiger partial charge in [-0.1, -0.05) is 91.0 Å². The molecule has 0 saturated heterocycles. The van der Waals surface area contributed by atoms with Gasteiger partial charge in [-0.05, 0) is 29.5 Å². The van der Waals surface area contributed by atoms with Gasteiger partial charge in [0.15, 0.2) is 0 Å². The van der Waals surface area contributed by atoms with Crippen LogP contribution in [-0.2, 0) is 15.1 Å². The van der Waals surface area contributed by atoms with Crippen LogP contribution >= 0.6 is 0 Å². The molecule has 1 fully saturated rings. The summed E-state index contributed by atoms with van der Waals surface area (Å²) in [5, 5.41) is 9.99. The van der Waals surface area contributed by atoms with E-state index in [0.717, 1.165) is 23.1 Å². The summed E-state index contributed by atoms with van der Waals surface area (Å²) >= 11 is 0. The molecule has 1 aliphatic rings. The Kier molecular flexibility index (Phi) is 5.79. The lowest BCUT2D eigenvalue weighted by atomic mass is 9.74. The van der Waals surface area contributed by atoms with Gasteiger partial charge >= 0.3 is 0 Å². The van der Waals surface area contributed by atoms with Crippen molar-refractivity contribution >= 4 is 5.78 Å². The Morgan fingerprint density at radius 3 is 1.70 bits per heavy atom. The van der Waals surface area contributed by atoms with E-state index < -0.39 is 11.0 Å². The number of carbonyl (C=O) groups is 1. The lowest BCUT2D eigenvalue weighted by Crippen LogP contribution is -2.39. The quantitative estimate of drug-likeness (QED) is 0.507. The fourth-order valence-electron chi connectivity index (χ4n) is 4.44. The summed E-state index contributed by atoms with van der Waals surface area (Å²) in [5.74, 6) is 0.149. The second-order valence-corrected chi connectivity index (χ2v) is 8.03. The molecule has 1 saturated carbocycles. The van der Waals surface area contributed by atoms with Crippen molar-refractivity contribution in [3.8, 4) is 6.07 Å². The van der Waals surface area contributed by atoms with Crippen LogP contribution in [0.5, 0.6) is 0 Å². The number of Topliss-reactive ketones (excluding diaryl/α,β-unsaturated/α-hetero) is 1. The predicted molar refractivity (Wildman–Crippen MR) is 117 cm³/mol. The zero-order valence-corrected chi connectivity index (χ0v) is 17.0. The van der Waals surface area contributed by atoms with Crippen molar-refractivity contribution in [3.63, 3.8) is 0 Å². The average Bonchev–Trinajstić information content (AvgIpc) is 2.82. The molecule has 0 N–H and O–H groups in total. The molecule has 3 aromatic rings. The van der Waals surface area contributed by atoms with Gasteiger partial charge in [0, 0.05) is 12.8 Å². The third kappa shape index (κ3) is 3.79. The molecule has 4 rings (SSSR count). The second-order valence-electron chi connectivity index (χ2n) is 8.03. The number of ether oxygens (including phenoxy) is 1. The summed E-state index contributed by atoms with van der Waals surface area (Å²) in [6.45, 7) is 0.202. The van der Waals surface area contributed by atoms with Crippen molar-refractivity contribution in [3.05, 3.63) is 108 Å². The van der Waals surface area contributed by atoms with E-state index in [1.807, 2.05) is 54.6 Å². The van der Waals surface area contributed by atoms with E-state index in [1.165, 1.54) is 0 Å². The highest BCUT2D eigenvalue weighted by molar-refractivity contribution is 5.80. The van der Waals surface area contributed by atoms with E-state index in [2.05, 4.69) is 42.5 Å². The summed E-state index contributed by atoms with van der Waals surface area (Å²) < 4.78 is 6.80. The normalized spacial score (nSPS) is 19.2. The van der Waals surface area contributed by atoms with Crippen LogP contribution in [-0.4, -0.2) is 12.4 Å². The number of hydrogen-bond donors (Lipinski definition) is 0. The number of nitriles is 1. The fourth-order valence-corrected chi connectivity index (χ4v) is 4.44. The lowest BCUT2D eigenvalue weighted by Gasteiger charge is -2.39. The van der Waals surface area contributed by atoms with Gasteiger partial charge < -0.3 is 4.74 Å². The Morgan fingerprint density at radius 2 is 1.30 bits per heavy atom. The molecule has 0 aliphatic heterocycles. The van der Waals surface area contributed by atoms with Crippen molar-refractivity contribution in [2.45, 2.75) is 31.3 Å². The van der Waals surface area contributed by atoms with Crippen molar-refractivity contribution in [1.29, 1.82) is 5.26 Å². The standard InChI is InChI=1S/C27H25NO2/c28-20-26(18-10-17-25(29)19-26)21-30-27(22-11-4-1-5-12-22,23-13-6-2-7-14-23)24-15-8-3-9-16-24/h1-9,11-16H,10,17-19,21H2. The van der Waals surface area contributed by atoms with E-state index in [-0.39, 0.29) is 18.8 Å². The largest absolute Gasteiger partial charge is 0.359 e. The average molecular weight is 396 g/mol. The third-order valence-corrected chi connectivity index (χ3v) is 5.99. The van der Waals surface area contributed by atoms with Crippen LogP contribution in [0.15, 0.2) is 91.0 Å². The molecular formula is C27H25NO2. The van der Waals surface area contributed by atoms with E-state index in [4.69, 9.17) is 4.74 Å². The third-order valence-electron chi connectivity index (χ3n) is 5.99. The SMILES string of the molecule is N#CC1(COC(c2ccccc2)(c2ccccc2)c2ccccc2)CCCC(=O)C1. The zero-order chi connectivity index (χ0) is 20.9. The predicted octanol–water partition coefficient (Wildman–Crippen LogP) is 5.65. The molecule has 3 heteroatoms. The number of nitrogens with zero attached hydrogens (tertiary/aromatic N) is 1. The molecule has 1 unspecified atom stereocenters. The van der Waals surface area contributed by atoms with Crippen LogP contribution in [0.25, 0.3) is 0 Å². The van der Waals surface area contributed by atoms with Gasteiger partial charge in [-0.15, -0.1) is 0 Å². The number of hydrogen-bond acceptors (Lipinski definition) is 3. The zero-order valence-electron chi connectivity index (χ0n) is 17.0. The maximum atomic E-state index is 12.2. The first kappa shape index (κ1) is 20.1. The Balaban J connectivity index is 1.85. The molecule has 150 valence electrons. The van der Waals surface area contributed by atoms with Crippen molar-refractivity contribution in [2.24, 2.45) is 5.41 Å². The van der Waals surface area contributed by atoms with Gasteiger partial charge in [-0.3, -0.25) is 4.79 Å². The molecule has 0 radical (unpaired) electrons. The van der Waals surface area contributed by atoms with Crippen molar-refractivity contribution in [1.82, 2.24) is 0 Å².